The van der Waals surface area contributed by atoms with E-state index in [2.05, 4.69) is 5.32 Å². The first-order valence-corrected chi connectivity index (χ1v) is 15.7. The predicted molar refractivity (Wildman–Crippen MR) is 171 cm³/mol. The van der Waals surface area contributed by atoms with Crippen molar-refractivity contribution in [2.75, 3.05) is 18.7 Å². The lowest BCUT2D eigenvalue weighted by Crippen LogP contribution is -2.15. The fraction of sp³-hybridized carbons (Fsp3) is 0.314. The van der Waals surface area contributed by atoms with Crippen molar-refractivity contribution in [3.05, 3.63) is 93.4 Å². The van der Waals surface area contributed by atoms with Gasteiger partial charge in [0.2, 0.25) is 6.79 Å². The third-order valence-electron chi connectivity index (χ3n) is 7.70. The number of ether oxygens (including phenoxy) is 4. The van der Waals surface area contributed by atoms with E-state index in [1.807, 2.05) is 80.7 Å². The quantitative estimate of drug-likeness (QED) is 0.196. The summed E-state index contributed by atoms with van der Waals surface area (Å²) in [5.41, 5.74) is 5.56. The van der Waals surface area contributed by atoms with Gasteiger partial charge in [0.25, 0.3) is 5.91 Å². The second-order valence-corrected chi connectivity index (χ2v) is 11.8. The molecule has 8 heteroatoms. The van der Waals surface area contributed by atoms with Crippen molar-refractivity contribution >= 4 is 34.1 Å². The zero-order valence-corrected chi connectivity index (χ0v) is 25.4. The van der Waals surface area contributed by atoms with Crippen molar-refractivity contribution in [3.63, 3.8) is 0 Å². The van der Waals surface area contributed by atoms with Crippen LogP contribution >= 0.6 is 11.3 Å². The molecular weight excluding hydrogens is 560 g/mol. The molecule has 1 aliphatic carbocycles. The Morgan fingerprint density at radius 1 is 0.953 bits per heavy atom. The maximum absolute atomic E-state index is 13.7. The lowest BCUT2D eigenvalue weighted by atomic mass is 9.96. The van der Waals surface area contributed by atoms with Gasteiger partial charge in [0.15, 0.2) is 23.0 Å². The Balaban J connectivity index is 1.25. The van der Waals surface area contributed by atoms with Gasteiger partial charge in [-0.25, -0.2) is 4.99 Å². The Bertz CT molecular complexity index is 1640. The van der Waals surface area contributed by atoms with Gasteiger partial charge in [-0.3, -0.25) is 4.79 Å². The molecule has 1 amide bonds. The fourth-order valence-electron chi connectivity index (χ4n) is 5.45. The van der Waals surface area contributed by atoms with Crippen LogP contribution in [0.15, 0.2) is 65.7 Å². The minimum atomic E-state index is -0.0956. The topological polar surface area (TPSA) is 78.4 Å². The van der Waals surface area contributed by atoms with E-state index in [0.717, 1.165) is 70.1 Å². The van der Waals surface area contributed by atoms with E-state index in [4.69, 9.17) is 23.9 Å². The van der Waals surface area contributed by atoms with Gasteiger partial charge < -0.3 is 24.3 Å². The molecule has 0 fully saturated rings. The molecule has 0 radical (unpaired) electrons. The number of aliphatic imine (C=N–C) groups is 1. The lowest BCUT2D eigenvalue weighted by Gasteiger charge is -2.13. The Morgan fingerprint density at radius 3 is 2.65 bits per heavy atom. The van der Waals surface area contributed by atoms with E-state index in [1.165, 1.54) is 17.7 Å². The number of nitrogens with zero attached hydrogens (tertiary/aromatic N) is 1. The lowest BCUT2D eigenvalue weighted by molar-refractivity contribution is 0.102. The van der Waals surface area contributed by atoms with Crippen LogP contribution in [0.25, 0.3) is 0 Å². The second-order valence-electron chi connectivity index (χ2n) is 10.7. The summed E-state index contributed by atoms with van der Waals surface area (Å²) >= 11 is 1.64. The first-order valence-electron chi connectivity index (χ1n) is 14.9. The highest BCUT2D eigenvalue weighted by Gasteiger charge is 2.24. The zero-order chi connectivity index (χ0) is 29.6. The zero-order valence-electron chi connectivity index (χ0n) is 24.6. The number of nitrogens with one attached hydrogen (secondary N) is 1. The summed E-state index contributed by atoms with van der Waals surface area (Å²) in [7, 11) is 0. The number of benzene rings is 3. The summed E-state index contributed by atoms with van der Waals surface area (Å²) in [6.07, 6.45) is 8.35. The highest BCUT2D eigenvalue weighted by Crippen LogP contribution is 2.40. The van der Waals surface area contributed by atoms with Gasteiger partial charge in [0, 0.05) is 16.8 Å². The monoisotopic (exact) mass is 596 g/mol. The standard InChI is InChI=1S/C35H36N2O5S/c1-3-39-30-18-24(14-16-28(30)40-21-25-15-17-29-31(19-25)42-22-41-29)20-36-35-33(26-11-6-4-5-7-13-32(26)43-35)34(38)37-27-12-9-8-10-23(27)2/h8-10,12,14-20H,3-7,11,13,21-22H2,1-2H3,(H,37,38). The number of carbonyl (C=O) groups excluding carboxylic acids is 1. The average Bonchev–Trinajstić information content (AvgIpc) is 3.60. The number of amides is 1. The van der Waals surface area contributed by atoms with Crippen molar-refractivity contribution < 1.29 is 23.7 Å². The minimum absolute atomic E-state index is 0.0956. The smallest absolute Gasteiger partial charge is 0.259 e. The summed E-state index contributed by atoms with van der Waals surface area (Å²) in [5, 5.41) is 3.90. The molecule has 1 aliphatic heterocycles. The van der Waals surface area contributed by atoms with Gasteiger partial charge in [-0.15, -0.1) is 11.3 Å². The van der Waals surface area contributed by atoms with E-state index in [-0.39, 0.29) is 12.7 Å². The molecule has 0 saturated carbocycles. The molecule has 43 heavy (non-hydrogen) atoms. The molecule has 0 spiro atoms. The van der Waals surface area contributed by atoms with E-state index in [9.17, 15) is 4.79 Å². The Morgan fingerprint density at radius 2 is 1.79 bits per heavy atom. The van der Waals surface area contributed by atoms with Crippen molar-refractivity contribution in [2.45, 2.75) is 59.0 Å². The first-order chi connectivity index (χ1) is 21.1. The van der Waals surface area contributed by atoms with Crippen LogP contribution < -0.4 is 24.3 Å². The van der Waals surface area contributed by atoms with Crippen molar-refractivity contribution in [1.29, 1.82) is 0 Å². The normalized spacial score (nSPS) is 14.2. The third-order valence-corrected chi connectivity index (χ3v) is 8.90. The Kier molecular flexibility index (Phi) is 8.93. The number of carbonyl (C=O) groups is 1. The first kappa shape index (κ1) is 28.8. The summed E-state index contributed by atoms with van der Waals surface area (Å²) in [6, 6.07) is 19.4. The molecule has 3 aromatic carbocycles. The van der Waals surface area contributed by atoms with E-state index in [1.54, 1.807) is 11.3 Å². The van der Waals surface area contributed by atoms with Crippen LogP contribution in [0.3, 0.4) is 0 Å². The largest absolute Gasteiger partial charge is 0.490 e. The minimum Gasteiger partial charge on any atom is -0.490 e. The number of fused-ring (bicyclic) bond motifs is 2. The number of hydrogen-bond acceptors (Lipinski definition) is 7. The molecule has 4 aromatic rings. The van der Waals surface area contributed by atoms with Crippen LogP contribution in [0.1, 0.15) is 70.1 Å². The predicted octanol–water partition coefficient (Wildman–Crippen LogP) is 8.42. The maximum atomic E-state index is 13.7. The number of anilines is 1. The molecule has 6 rings (SSSR count). The molecular formula is C35H36N2O5S. The number of para-hydroxylation sites is 1. The highest BCUT2D eigenvalue weighted by atomic mass is 32.1. The van der Waals surface area contributed by atoms with Crippen molar-refractivity contribution in [2.24, 2.45) is 4.99 Å². The van der Waals surface area contributed by atoms with Gasteiger partial charge in [-0.1, -0.05) is 37.1 Å². The van der Waals surface area contributed by atoms with Crippen molar-refractivity contribution in [1.82, 2.24) is 0 Å². The molecule has 0 unspecified atom stereocenters. The van der Waals surface area contributed by atoms with Crippen LogP contribution in [0.5, 0.6) is 23.0 Å². The second kappa shape index (κ2) is 13.3. The summed E-state index contributed by atoms with van der Waals surface area (Å²) < 4.78 is 23.0. The van der Waals surface area contributed by atoms with Gasteiger partial charge >= 0.3 is 0 Å². The Labute approximate surface area is 256 Å². The number of rotatable bonds is 9. The van der Waals surface area contributed by atoms with Gasteiger partial charge in [0.1, 0.15) is 11.6 Å². The number of hydrogen-bond donors (Lipinski definition) is 1. The molecule has 2 aliphatic rings. The van der Waals surface area contributed by atoms with Crippen LogP contribution in [-0.2, 0) is 19.4 Å². The van der Waals surface area contributed by atoms with E-state index < -0.39 is 0 Å². The fourth-order valence-corrected chi connectivity index (χ4v) is 6.68. The van der Waals surface area contributed by atoms with Crippen LogP contribution in [0.4, 0.5) is 10.7 Å². The van der Waals surface area contributed by atoms with Gasteiger partial charge in [-0.05, 0) is 98.2 Å². The number of aryl methyl sites for hydroxylation is 2. The molecule has 0 atom stereocenters. The van der Waals surface area contributed by atoms with E-state index in [0.29, 0.717) is 30.3 Å². The summed E-state index contributed by atoms with van der Waals surface area (Å²) in [5.74, 6) is 2.67. The van der Waals surface area contributed by atoms with Crippen LogP contribution in [0.2, 0.25) is 0 Å². The van der Waals surface area contributed by atoms with Crippen LogP contribution in [0, 0.1) is 6.92 Å². The third kappa shape index (κ3) is 6.70. The molecule has 7 nitrogen and oxygen atoms in total. The summed E-state index contributed by atoms with van der Waals surface area (Å²) in [6.45, 7) is 5.06. The number of thiophene rings is 1. The Hall–Kier alpha value is -4.30. The summed E-state index contributed by atoms with van der Waals surface area (Å²) in [4.78, 5) is 19.9. The average molecular weight is 597 g/mol. The molecule has 0 saturated heterocycles. The molecule has 222 valence electrons. The maximum Gasteiger partial charge on any atom is 0.259 e. The van der Waals surface area contributed by atoms with E-state index >= 15 is 0 Å². The van der Waals surface area contributed by atoms with Crippen molar-refractivity contribution in [3.8, 4) is 23.0 Å². The molecule has 0 bridgehead atoms. The molecule has 2 heterocycles. The van der Waals surface area contributed by atoms with Gasteiger partial charge in [0.05, 0.1) is 12.2 Å². The molecule has 1 N–H and O–H groups in total. The highest BCUT2D eigenvalue weighted by molar-refractivity contribution is 7.16. The molecule has 1 aromatic heterocycles. The van der Waals surface area contributed by atoms with Crippen LogP contribution in [-0.4, -0.2) is 25.5 Å². The van der Waals surface area contributed by atoms with Gasteiger partial charge in [-0.2, -0.15) is 0 Å². The SMILES string of the molecule is CCOc1cc(C=Nc2sc3c(c2C(=O)Nc2ccccc2C)CCCCCC3)ccc1OCc1ccc2c(c1)OCO2.